The molecule has 1 atom stereocenters. The maximum atomic E-state index is 13.9. The van der Waals surface area contributed by atoms with E-state index in [4.69, 9.17) is 4.74 Å². The topological polar surface area (TPSA) is 21.3 Å². The Hall–Kier alpha value is -0.450. The van der Waals surface area contributed by atoms with E-state index in [1.807, 2.05) is 19.2 Å². The maximum Gasteiger partial charge on any atom is 0.127 e. The van der Waals surface area contributed by atoms with Crippen molar-refractivity contribution in [1.82, 2.24) is 5.32 Å². The molecule has 108 valence electrons. The molecular formula is C15H23BrFNO. The Labute approximate surface area is 123 Å². The van der Waals surface area contributed by atoms with E-state index in [1.54, 1.807) is 7.11 Å². The summed E-state index contributed by atoms with van der Waals surface area (Å²) >= 11 is 3.28. The maximum absolute atomic E-state index is 13.9. The summed E-state index contributed by atoms with van der Waals surface area (Å²) in [5.41, 5.74) is 0.458. The van der Waals surface area contributed by atoms with Gasteiger partial charge >= 0.3 is 0 Å². The molecule has 1 unspecified atom stereocenters. The lowest BCUT2D eigenvalue weighted by Gasteiger charge is -2.38. The van der Waals surface area contributed by atoms with Crippen molar-refractivity contribution < 1.29 is 9.13 Å². The fraction of sp³-hybridized carbons (Fsp3) is 0.600. The second-order valence-electron chi connectivity index (χ2n) is 4.76. The molecule has 0 aromatic heterocycles. The smallest absolute Gasteiger partial charge is 0.127 e. The summed E-state index contributed by atoms with van der Waals surface area (Å²) in [7, 11) is 3.63. The van der Waals surface area contributed by atoms with Crippen molar-refractivity contribution in [2.75, 3.05) is 14.2 Å². The van der Waals surface area contributed by atoms with Crippen molar-refractivity contribution in [2.45, 2.75) is 44.8 Å². The molecule has 4 heteroatoms. The van der Waals surface area contributed by atoms with Crippen LogP contribution >= 0.6 is 15.9 Å². The molecule has 0 saturated heterocycles. The molecule has 2 nitrogen and oxygen atoms in total. The van der Waals surface area contributed by atoms with Crippen LogP contribution in [0.15, 0.2) is 22.7 Å². The molecule has 0 spiro atoms. The van der Waals surface area contributed by atoms with Crippen molar-refractivity contribution in [2.24, 2.45) is 0 Å². The van der Waals surface area contributed by atoms with Crippen LogP contribution in [0, 0.1) is 5.82 Å². The van der Waals surface area contributed by atoms with Gasteiger partial charge in [-0.2, -0.15) is 0 Å². The zero-order valence-corrected chi connectivity index (χ0v) is 13.7. The van der Waals surface area contributed by atoms with Gasteiger partial charge in [0.15, 0.2) is 0 Å². The lowest BCUT2D eigenvalue weighted by molar-refractivity contribution is -0.0456. The van der Waals surface area contributed by atoms with Crippen molar-refractivity contribution in [3.05, 3.63) is 34.1 Å². The molecule has 19 heavy (non-hydrogen) atoms. The zero-order chi connectivity index (χ0) is 14.5. The zero-order valence-electron chi connectivity index (χ0n) is 12.1. The average Bonchev–Trinajstić information content (AvgIpc) is 2.42. The van der Waals surface area contributed by atoms with E-state index in [9.17, 15) is 4.39 Å². The number of nitrogens with one attached hydrogen (secondary N) is 1. The molecule has 0 amide bonds. The van der Waals surface area contributed by atoms with Crippen molar-refractivity contribution in [3.63, 3.8) is 0 Å². The summed E-state index contributed by atoms with van der Waals surface area (Å²) in [6.45, 7) is 4.21. The van der Waals surface area contributed by atoms with Crippen molar-refractivity contribution in [3.8, 4) is 0 Å². The highest BCUT2D eigenvalue weighted by atomic mass is 79.9. The van der Waals surface area contributed by atoms with Crippen LogP contribution in [0.3, 0.4) is 0 Å². The van der Waals surface area contributed by atoms with Crippen LogP contribution in [0.2, 0.25) is 0 Å². The van der Waals surface area contributed by atoms with Gasteiger partial charge in [0.1, 0.15) is 5.82 Å². The third-order valence-corrected chi connectivity index (χ3v) is 4.52. The Morgan fingerprint density at radius 1 is 1.37 bits per heavy atom. The fourth-order valence-electron chi connectivity index (χ4n) is 2.63. The van der Waals surface area contributed by atoms with Gasteiger partial charge in [0.2, 0.25) is 0 Å². The Bertz CT molecular complexity index is 399. The van der Waals surface area contributed by atoms with Gasteiger partial charge in [-0.15, -0.1) is 0 Å². The minimum absolute atomic E-state index is 0.0863. The summed E-state index contributed by atoms with van der Waals surface area (Å²) < 4.78 is 20.4. The molecule has 0 aliphatic rings. The monoisotopic (exact) mass is 331 g/mol. The molecule has 0 aliphatic heterocycles. The van der Waals surface area contributed by atoms with E-state index in [0.29, 0.717) is 12.0 Å². The van der Waals surface area contributed by atoms with E-state index < -0.39 is 0 Å². The van der Waals surface area contributed by atoms with Gasteiger partial charge in [-0.3, -0.25) is 0 Å². The second-order valence-corrected chi connectivity index (χ2v) is 5.67. The summed E-state index contributed by atoms with van der Waals surface area (Å²) in [4.78, 5) is 0. The van der Waals surface area contributed by atoms with E-state index >= 15 is 0 Å². The van der Waals surface area contributed by atoms with Gasteiger partial charge in [-0.05, 0) is 44.0 Å². The summed E-state index contributed by atoms with van der Waals surface area (Å²) in [5, 5.41) is 3.28. The number of benzene rings is 1. The summed E-state index contributed by atoms with van der Waals surface area (Å²) in [6.07, 6.45) is 2.40. The summed E-state index contributed by atoms with van der Waals surface area (Å²) in [5.74, 6) is -0.174. The molecule has 0 radical (unpaired) electrons. The number of likely N-dealkylation sites (N-methyl/N-ethyl adjacent to an activating group) is 1. The van der Waals surface area contributed by atoms with Crippen molar-refractivity contribution in [1.29, 1.82) is 0 Å². The molecule has 0 fully saturated rings. The molecule has 0 aliphatic carbocycles. The highest BCUT2D eigenvalue weighted by molar-refractivity contribution is 9.10. The number of rotatable bonds is 7. The van der Waals surface area contributed by atoms with E-state index in [0.717, 1.165) is 17.3 Å². The molecule has 1 aromatic carbocycles. The standard InChI is InChI=1S/C15H23BrFNO/c1-5-15(6-2,19-4)14(18-3)9-11-7-8-12(16)10-13(11)17/h7-8,10,14,18H,5-6,9H2,1-4H3. The lowest BCUT2D eigenvalue weighted by atomic mass is 9.84. The minimum Gasteiger partial charge on any atom is -0.377 e. The van der Waals surface area contributed by atoms with Gasteiger partial charge in [-0.1, -0.05) is 35.8 Å². The molecule has 0 heterocycles. The van der Waals surface area contributed by atoms with Crippen LogP contribution in [-0.4, -0.2) is 25.8 Å². The number of methoxy groups -OCH3 is 1. The predicted molar refractivity (Wildman–Crippen MR) is 81.0 cm³/mol. The van der Waals surface area contributed by atoms with Gasteiger partial charge < -0.3 is 10.1 Å². The Kier molecular flexibility index (Phi) is 6.43. The third kappa shape index (κ3) is 3.77. The highest BCUT2D eigenvalue weighted by Crippen LogP contribution is 2.27. The largest absolute Gasteiger partial charge is 0.377 e. The van der Waals surface area contributed by atoms with E-state index in [1.165, 1.54) is 6.07 Å². The number of halogens is 2. The van der Waals surface area contributed by atoms with Gasteiger partial charge in [0.05, 0.1) is 5.60 Å². The first-order chi connectivity index (χ1) is 9.02. The van der Waals surface area contributed by atoms with Crippen LogP contribution in [0.1, 0.15) is 32.3 Å². The quantitative estimate of drug-likeness (QED) is 0.817. The SMILES string of the molecule is CCC(CC)(OC)C(Cc1ccc(Br)cc1F)NC. The van der Waals surface area contributed by atoms with Gasteiger partial charge in [-0.25, -0.2) is 4.39 Å². The normalized spacial score (nSPS) is 13.6. The molecule has 1 aromatic rings. The molecule has 0 bridgehead atoms. The molecular weight excluding hydrogens is 309 g/mol. The number of ether oxygens (including phenoxy) is 1. The predicted octanol–water partition coefficient (Wildman–Crippen LogP) is 3.92. The Morgan fingerprint density at radius 2 is 2.00 bits per heavy atom. The van der Waals surface area contributed by atoms with Gasteiger partial charge in [0.25, 0.3) is 0 Å². The van der Waals surface area contributed by atoms with Crippen LogP contribution in [0.5, 0.6) is 0 Å². The minimum atomic E-state index is -0.256. The Balaban J connectivity index is 2.98. The number of hydrogen-bond acceptors (Lipinski definition) is 2. The third-order valence-electron chi connectivity index (χ3n) is 4.03. The molecule has 1 rings (SSSR count). The first-order valence-corrected chi connectivity index (χ1v) is 7.48. The Morgan fingerprint density at radius 3 is 2.42 bits per heavy atom. The second kappa shape index (κ2) is 7.36. The van der Waals surface area contributed by atoms with Crippen molar-refractivity contribution >= 4 is 15.9 Å². The molecule has 0 saturated carbocycles. The number of hydrogen-bond donors (Lipinski definition) is 1. The van der Waals surface area contributed by atoms with Crippen LogP contribution in [0.4, 0.5) is 4.39 Å². The van der Waals surface area contributed by atoms with Gasteiger partial charge in [0, 0.05) is 17.6 Å². The first kappa shape index (κ1) is 16.6. The van der Waals surface area contributed by atoms with E-state index in [-0.39, 0.29) is 17.5 Å². The first-order valence-electron chi connectivity index (χ1n) is 6.69. The molecule has 1 N–H and O–H groups in total. The summed E-state index contributed by atoms with van der Waals surface area (Å²) in [6, 6.07) is 5.30. The van der Waals surface area contributed by atoms with Crippen LogP contribution in [0.25, 0.3) is 0 Å². The van der Waals surface area contributed by atoms with E-state index in [2.05, 4.69) is 35.1 Å². The van der Waals surface area contributed by atoms with Crippen LogP contribution < -0.4 is 5.32 Å². The highest BCUT2D eigenvalue weighted by Gasteiger charge is 2.35. The van der Waals surface area contributed by atoms with Crippen LogP contribution in [-0.2, 0) is 11.2 Å². The average molecular weight is 332 g/mol. The lowest BCUT2D eigenvalue weighted by Crippen LogP contribution is -2.51. The fourth-order valence-corrected chi connectivity index (χ4v) is 2.97.